The zero-order valence-corrected chi connectivity index (χ0v) is 20.5. The number of amides is 1. The summed E-state index contributed by atoms with van der Waals surface area (Å²) in [5.41, 5.74) is 4.69. The zero-order chi connectivity index (χ0) is 24.2. The van der Waals surface area contributed by atoms with Crippen molar-refractivity contribution in [2.24, 2.45) is 5.10 Å². The Morgan fingerprint density at radius 3 is 2.36 bits per heavy atom. The minimum absolute atomic E-state index is 0.0341. The number of benzene rings is 3. The van der Waals surface area contributed by atoms with Crippen LogP contribution in [0.4, 0.5) is 5.69 Å². The first-order valence-corrected chi connectivity index (χ1v) is 11.9. The van der Waals surface area contributed by atoms with Crippen molar-refractivity contribution in [1.82, 2.24) is 5.43 Å². The van der Waals surface area contributed by atoms with Gasteiger partial charge in [0.05, 0.1) is 28.4 Å². The largest absolute Gasteiger partial charge is 0.503 e. The van der Waals surface area contributed by atoms with Crippen molar-refractivity contribution in [3.63, 3.8) is 0 Å². The molecule has 0 spiro atoms. The smallest absolute Gasteiger partial charge is 0.271 e. The van der Waals surface area contributed by atoms with E-state index in [4.69, 9.17) is 4.74 Å². The van der Waals surface area contributed by atoms with E-state index in [0.717, 1.165) is 9.87 Å². The molecule has 0 aliphatic rings. The lowest BCUT2D eigenvalue weighted by molar-refractivity contribution is 0.0955. The summed E-state index contributed by atoms with van der Waals surface area (Å²) < 4.78 is 32.3. The number of ether oxygens (including phenoxy) is 1. The van der Waals surface area contributed by atoms with Crippen molar-refractivity contribution in [3.05, 3.63) is 81.8 Å². The lowest BCUT2D eigenvalue weighted by atomic mass is 10.2. The number of nitrogens with zero attached hydrogens (tertiary/aromatic N) is 2. The molecule has 3 rings (SSSR count). The van der Waals surface area contributed by atoms with Gasteiger partial charge in [-0.05, 0) is 76.9 Å². The third kappa shape index (κ3) is 5.52. The Labute approximate surface area is 200 Å². The number of phenols is 1. The number of nitrogens with one attached hydrogen (secondary N) is 1. The SMILES string of the molecule is COc1cc(/C=N\NC(=O)c2ccc(N(C)S(=O)(=O)c3ccc(C)cc3)cc2)cc(Br)c1O. The molecule has 0 unspecified atom stereocenters. The van der Waals surface area contributed by atoms with Gasteiger partial charge in [-0.2, -0.15) is 5.10 Å². The molecule has 172 valence electrons. The summed E-state index contributed by atoms with van der Waals surface area (Å²) in [6.07, 6.45) is 1.40. The van der Waals surface area contributed by atoms with Crippen molar-refractivity contribution < 1.29 is 23.1 Å². The summed E-state index contributed by atoms with van der Waals surface area (Å²) in [5, 5.41) is 13.8. The highest BCUT2D eigenvalue weighted by Gasteiger charge is 2.21. The Kier molecular flexibility index (Phi) is 7.39. The van der Waals surface area contributed by atoms with Gasteiger partial charge in [-0.3, -0.25) is 9.10 Å². The molecule has 0 aliphatic heterocycles. The summed E-state index contributed by atoms with van der Waals surface area (Å²) in [6, 6.07) is 15.9. The molecule has 1 amide bonds. The minimum Gasteiger partial charge on any atom is -0.503 e. The molecule has 3 aromatic carbocycles. The van der Waals surface area contributed by atoms with E-state index in [1.54, 1.807) is 48.5 Å². The number of anilines is 1. The maximum atomic E-state index is 12.8. The Morgan fingerprint density at radius 1 is 1.12 bits per heavy atom. The Hall–Kier alpha value is -3.37. The fraction of sp³-hybridized carbons (Fsp3) is 0.130. The number of carbonyl (C=O) groups is 1. The van der Waals surface area contributed by atoms with E-state index >= 15 is 0 Å². The van der Waals surface area contributed by atoms with Gasteiger partial charge in [0.1, 0.15) is 0 Å². The summed E-state index contributed by atoms with van der Waals surface area (Å²) in [7, 11) is -0.837. The van der Waals surface area contributed by atoms with E-state index in [0.29, 0.717) is 21.3 Å². The van der Waals surface area contributed by atoms with E-state index in [-0.39, 0.29) is 16.4 Å². The third-order valence-electron chi connectivity index (χ3n) is 4.82. The minimum atomic E-state index is -3.72. The van der Waals surface area contributed by atoms with E-state index in [9.17, 15) is 18.3 Å². The lowest BCUT2D eigenvalue weighted by Gasteiger charge is -2.19. The number of hydrogen-bond donors (Lipinski definition) is 2. The first-order chi connectivity index (χ1) is 15.6. The van der Waals surface area contributed by atoms with Crippen LogP contribution in [0.3, 0.4) is 0 Å². The summed E-state index contributed by atoms with van der Waals surface area (Å²) in [4.78, 5) is 12.6. The highest BCUT2D eigenvalue weighted by Crippen LogP contribution is 2.34. The Morgan fingerprint density at radius 2 is 1.76 bits per heavy atom. The first-order valence-electron chi connectivity index (χ1n) is 9.69. The van der Waals surface area contributed by atoms with Crippen molar-refractivity contribution in [3.8, 4) is 11.5 Å². The summed E-state index contributed by atoms with van der Waals surface area (Å²) in [5.74, 6) is -0.239. The predicted octanol–water partition coefficient (Wildman–Crippen LogP) is 4.06. The van der Waals surface area contributed by atoms with Gasteiger partial charge in [-0.25, -0.2) is 13.8 Å². The van der Waals surface area contributed by atoms with E-state index in [1.165, 1.54) is 32.5 Å². The second kappa shape index (κ2) is 10.1. The quantitative estimate of drug-likeness (QED) is 0.353. The second-order valence-corrected chi connectivity index (χ2v) is 9.91. The van der Waals surface area contributed by atoms with E-state index in [1.807, 2.05) is 6.92 Å². The molecular formula is C23H22BrN3O5S. The Balaban J connectivity index is 1.69. The average molecular weight is 532 g/mol. The molecule has 0 heterocycles. The van der Waals surface area contributed by atoms with Crippen molar-refractivity contribution >= 4 is 43.8 Å². The monoisotopic (exact) mass is 531 g/mol. The molecule has 0 aliphatic carbocycles. The highest BCUT2D eigenvalue weighted by atomic mass is 79.9. The molecule has 10 heteroatoms. The van der Waals surface area contributed by atoms with Gasteiger partial charge in [-0.15, -0.1) is 0 Å². The fourth-order valence-corrected chi connectivity index (χ4v) is 4.54. The van der Waals surface area contributed by atoms with Gasteiger partial charge >= 0.3 is 0 Å². The van der Waals surface area contributed by atoms with Crippen molar-refractivity contribution in [2.75, 3.05) is 18.5 Å². The molecule has 0 saturated carbocycles. The van der Waals surface area contributed by atoms with E-state index in [2.05, 4.69) is 26.5 Å². The number of hydrazone groups is 1. The van der Waals surface area contributed by atoms with Crippen LogP contribution in [0.15, 0.2) is 75.1 Å². The molecule has 0 radical (unpaired) electrons. The van der Waals surface area contributed by atoms with Crippen LogP contribution in [-0.4, -0.2) is 39.8 Å². The van der Waals surface area contributed by atoms with E-state index < -0.39 is 15.9 Å². The normalized spacial score (nSPS) is 11.4. The number of halogens is 1. The Bertz CT molecular complexity index is 1290. The number of hydrogen-bond acceptors (Lipinski definition) is 6. The van der Waals surface area contributed by atoms with Crippen LogP contribution in [0.25, 0.3) is 0 Å². The van der Waals surface area contributed by atoms with Crippen LogP contribution in [-0.2, 0) is 10.0 Å². The van der Waals surface area contributed by atoms with Crippen molar-refractivity contribution in [2.45, 2.75) is 11.8 Å². The van der Waals surface area contributed by atoms with Crippen LogP contribution in [0, 0.1) is 6.92 Å². The standard InChI is InChI=1S/C23H22BrN3O5S/c1-15-4-10-19(11-5-15)33(30,31)27(2)18-8-6-17(7-9-18)23(29)26-25-14-16-12-20(24)22(28)21(13-16)32-3/h4-14,28H,1-3H3,(H,26,29)/b25-14-. The maximum Gasteiger partial charge on any atom is 0.271 e. The zero-order valence-electron chi connectivity index (χ0n) is 18.1. The lowest BCUT2D eigenvalue weighted by Crippen LogP contribution is -2.26. The molecule has 8 nitrogen and oxygen atoms in total. The van der Waals surface area contributed by atoms with Crippen LogP contribution in [0.2, 0.25) is 0 Å². The van der Waals surface area contributed by atoms with Gasteiger partial charge < -0.3 is 9.84 Å². The number of phenolic OH excluding ortho intramolecular Hbond substituents is 1. The average Bonchev–Trinajstić information content (AvgIpc) is 2.81. The molecule has 0 fully saturated rings. The number of aryl methyl sites for hydroxylation is 1. The van der Waals surface area contributed by atoms with Crippen molar-refractivity contribution in [1.29, 1.82) is 0 Å². The number of aromatic hydroxyl groups is 1. The fourth-order valence-electron chi connectivity index (χ4n) is 2.88. The molecule has 2 N–H and O–H groups in total. The van der Waals surface area contributed by atoms with Crippen LogP contribution >= 0.6 is 15.9 Å². The number of methoxy groups -OCH3 is 1. The molecule has 3 aromatic rings. The van der Waals surface area contributed by atoms with Gasteiger partial charge in [0.15, 0.2) is 11.5 Å². The van der Waals surface area contributed by atoms with Gasteiger partial charge in [0.2, 0.25) is 0 Å². The second-order valence-electron chi connectivity index (χ2n) is 7.09. The molecule has 0 atom stereocenters. The van der Waals surface area contributed by atoms with Gasteiger partial charge in [0.25, 0.3) is 15.9 Å². The predicted molar refractivity (Wildman–Crippen MR) is 131 cm³/mol. The van der Waals surface area contributed by atoms with Crippen LogP contribution < -0.4 is 14.5 Å². The molecule has 0 saturated heterocycles. The molecular weight excluding hydrogens is 510 g/mol. The topological polar surface area (TPSA) is 108 Å². The molecule has 0 bridgehead atoms. The maximum absolute atomic E-state index is 12.8. The van der Waals surface area contributed by atoms with Gasteiger partial charge in [-0.1, -0.05) is 17.7 Å². The first kappa shape index (κ1) is 24.3. The highest BCUT2D eigenvalue weighted by molar-refractivity contribution is 9.10. The summed E-state index contributed by atoms with van der Waals surface area (Å²) >= 11 is 3.22. The summed E-state index contributed by atoms with van der Waals surface area (Å²) in [6.45, 7) is 1.88. The number of rotatable bonds is 7. The number of carbonyl (C=O) groups excluding carboxylic acids is 1. The molecule has 0 aromatic heterocycles. The van der Waals surface area contributed by atoms with Crippen LogP contribution in [0.1, 0.15) is 21.5 Å². The van der Waals surface area contributed by atoms with Crippen LogP contribution in [0.5, 0.6) is 11.5 Å². The number of sulfonamides is 1. The van der Waals surface area contributed by atoms with Gasteiger partial charge in [0, 0.05) is 12.6 Å². The molecule has 33 heavy (non-hydrogen) atoms. The third-order valence-corrected chi connectivity index (χ3v) is 7.23.